The number of aliphatic carboxylic acids is 1. The predicted octanol–water partition coefficient (Wildman–Crippen LogP) is 1.35. The van der Waals surface area contributed by atoms with Crippen molar-refractivity contribution < 1.29 is 9.90 Å². The fourth-order valence-electron chi connectivity index (χ4n) is 0.849. The number of aliphatic imine (C=N–C) groups is 1. The van der Waals surface area contributed by atoms with E-state index in [2.05, 4.69) is 4.99 Å². The van der Waals surface area contributed by atoms with Crippen molar-refractivity contribution in [2.24, 2.45) is 16.5 Å². The summed E-state index contributed by atoms with van der Waals surface area (Å²) >= 11 is 0. The summed E-state index contributed by atoms with van der Waals surface area (Å²) in [6.45, 7) is 3.83. The molecule has 0 heterocycles. The third-order valence-electron chi connectivity index (χ3n) is 1.85. The molecule has 1 atom stereocenters. The van der Waals surface area contributed by atoms with Crippen LogP contribution in [0, 0.1) is 0 Å². The van der Waals surface area contributed by atoms with E-state index in [-0.39, 0.29) is 24.8 Å². The first-order valence-corrected chi connectivity index (χ1v) is 4.80. The van der Waals surface area contributed by atoms with Gasteiger partial charge in [0.2, 0.25) is 0 Å². The summed E-state index contributed by atoms with van der Waals surface area (Å²) in [6, 6.07) is 0. The molecule has 0 aromatic heterocycles. The van der Waals surface area contributed by atoms with Gasteiger partial charge in [0, 0.05) is 6.54 Å². The molecule has 0 spiro atoms. The highest BCUT2D eigenvalue weighted by atomic mass is 35.5. The lowest BCUT2D eigenvalue weighted by Crippen LogP contribution is -2.44. The van der Waals surface area contributed by atoms with Crippen LogP contribution in [0.2, 0.25) is 0 Å². The molecule has 0 rings (SSSR count). The first-order chi connectivity index (χ1) is 6.86. The summed E-state index contributed by atoms with van der Waals surface area (Å²) in [5, 5.41) is 8.72. The second-order valence-electron chi connectivity index (χ2n) is 3.71. The number of carboxylic acid groups (broad SMARTS) is 1. The maximum atomic E-state index is 10.6. The van der Waals surface area contributed by atoms with Gasteiger partial charge < -0.3 is 16.6 Å². The highest BCUT2D eigenvalue weighted by molar-refractivity contribution is 5.85. The Morgan fingerprint density at radius 1 is 1.41 bits per heavy atom. The standard InChI is InChI=1S/C10H19N3O2.2ClH/c1-8(11)13-7-5-3-4-6-10(2,12)9(14)15;;/h3-4H,5-7,12H2,1-2H3,(H2,11,13)(H,14,15);2*1H/b4-3+;;. The van der Waals surface area contributed by atoms with Crippen molar-refractivity contribution in [1.82, 2.24) is 0 Å². The molecule has 0 saturated carbocycles. The van der Waals surface area contributed by atoms with Gasteiger partial charge in [0.25, 0.3) is 0 Å². The summed E-state index contributed by atoms with van der Waals surface area (Å²) in [7, 11) is 0. The van der Waals surface area contributed by atoms with Crippen LogP contribution in [0.25, 0.3) is 0 Å². The van der Waals surface area contributed by atoms with Gasteiger partial charge in [-0.2, -0.15) is 0 Å². The minimum atomic E-state index is -1.19. The van der Waals surface area contributed by atoms with Crippen molar-refractivity contribution in [3.05, 3.63) is 12.2 Å². The van der Waals surface area contributed by atoms with Crippen LogP contribution in [-0.2, 0) is 4.79 Å². The molecule has 0 aromatic rings. The van der Waals surface area contributed by atoms with E-state index in [0.29, 0.717) is 18.8 Å². The number of rotatable bonds is 6. The van der Waals surface area contributed by atoms with Crippen molar-refractivity contribution in [3.63, 3.8) is 0 Å². The van der Waals surface area contributed by atoms with E-state index in [1.807, 2.05) is 6.08 Å². The largest absolute Gasteiger partial charge is 0.480 e. The molecular weight excluding hydrogens is 265 g/mol. The summed E-state index contributed by atoms with van der Waals surface area (Å²) in [4.78, 5) is 14.6. The van der Waals surface area contributed by atoms with E-state index in [9.17, 15) is 4.79 Å². The number of amidine groups is 1. The third kappa shape index (κ3) is 11.5. The van der Waals surface area contributed by atoms with Gasteiger partial charge in [-0.05, 0) is 26.7 Å². The Bertz CT molecular complexity index is 275. The van der Waals surface area contributed by atoms with Crippen molar-refractivity contribution in [2.45, 2.75) is 32.2 Å². The molecule has 0 aliphatic carbocycles. The smallest absolute Gasteiger partial charge is 0.323 e. The van der Waals surface area contributed by atoms with Gasteiger partial charge in [-0.1, -0.05) is 12.2 Å². The van der Waals surface area contributed by atoms with E-state index in [1.54, 1.807) is 13.0 Å². The average molecular weight is 286 g/mol. The van der Waals surface area contributed by atoms with Crippen LogP contribution in [0.3, 0.4) is 0 Å². The molecule has 0 fully saturated rings. The Kier molecular flexibility index (Phi) is 13.1. The fourth-order valence-corrected chi connectivity index (χ4v) is 0.849. The monoisotopic (exact) mass is 285 g/mol. The molecule has 0 aromatic carbocycles. The molecule has 1 unspecified atom stereocenters. The first-order valence-electron chi connectivity index (χ1n) is 4.80. The maximum Gasteiger partial charge on any atom is 0.323 e. The van der Waals surface area contributed by atoms with Crippen LogP contribution in [0.1, 0.15) is 26.7 Å². The normalized spacial score (nSPS) is 14.6. The van der Waals surface area contributed by atoms with Gasteiger partial charge in [0.1, 0.15) is 5.54 Å². The lowest BCUT2D eigenvalue weighted by molar-refractivity contribution is -0.142. The zero-order valence-electron chi connectivity index (χ0n) is 10.0. The van der Waals surface area contributed by atoms with Gasteiger partial charge in [-0.25, -0.2) is 0 Å². The number of hydrogen-bond acceptors (Lipinski definition) is 3. The van der Waals surface area contributed by atoms with Crippen LogP contribution in [0.5, 0.6) is 0 Å². The summed E-state index contributed by atoms with van der Waals surface area (Å²) < 4.78 is 0. The molecular formula is C10H21Cl2N3O2. The highest BCUT2D eigenvalue weighted by Gasteiger charge is 2.25. The Morgan fingerprint density at radius 3 is 2.35 bits per heavy atom. The second-order valence-corrected chi connectivity index (χ2v) is 3.71. The Hall–Kier alpha value is -0.780. The summed E-state index contributed by atoms with van der Waals surface area (Å²) in [5.74, 6) is -0.444. The number of carboxylic acids is 1. The lowest BCUT2D eigenvalue weighted by atomic mass is 9.99. The van der Waals surface area contributed by atoms with Crippen LogP contribution in [-0.4, -0.2) is 29.0 Å². The number of halogens is 2. The number of carbonyl (C=O) groups is 1. The van der Waals surface area contributed by atoms with Crippen molar-refractivity contribution in [3.8, 4) is 0 Å². The number of hydrogen-bond donors (Lipinski definition) is 3. The number of nitrogens with two attached hydrogens (primary N) is 2. The van der Waals surface area contributed by atoms with E-state index >= 15 is 0 Å². The molecule has 0 aliphatic heterocycles. The molecule has 0 saturated heterocycles. The van der Waals surface area contributed by atoms with Crippen LogP contribution in [0.15, 0.2) is 17.1 Å². The van der Waals surface area contributed by atoms with Crippen LogP contribution < -0.4 is 11.5 Å². The molecule has 7 heteroatoms. The Morgan fingerprint density at radius 2 is 1.94 bits per heavy atom. The van der Waals surface area contributed by atoms with Crippen LogP contribution >= 0.6 is 24.8 Å². The van der Waals surface area contributed by atoms with Crippen LogP contribution in [0.4, 0.5) is 0 Å². The fraction of sp³-hybridized carbons (Fsp3) is 0.600. The molecule has 0 radical (unpaired) electrons. The van der Waals surface area contributed by atoms with Crippen molar-refractivity contribution in [1.29, 1.82) is 0 Å². The lowest BCUT2D eigenvalue weighted by Gasteiger charge is -2.15. The molecule has 0 amide bonds. The maximum absolute atomic E-state index is 10.6. The van der Waals surface area contributed by atoms with E-state index in [0.717, 1.165) is 6.42 Å². The minimum Gasteiger partial charge on any atom is -0.480 e. The van der Waals surface area contributed by atoms with Crippen molar-refractivity contribution >= 4 is 36.6 Å². The van der Waals surface area contributed by atoms with Gasteiger partial charge in [-0.15, -0.1) is 24.8 Å². The summed E-state index contributed by atoms with van der Waals surface area (Å²) in [5.41, 5.74) is 9.68. The first kappa shape index (κ1) is 21.5. The van der Waals surface area contributed by atoms with Gasteiger partial charge in [0.05, 0.1) is 5.84 Å². The molecule has 0 bridgehead atoms. The topological polar surface area (TPSA) is 102 Å². The second kappa shape index (κ2) is 10.4. The quantitative estimate of drug-likeness (QED) is 0.297. The molecule has 0 aliphatic rings. The predicted molar refractivity (Wildman–Crippen MR) is 75.3 cm³/mol. The Labute approximate surface area is 114 Å². The van der Waals surface area contributed by atoms with E-state index in [4.69, 9.17) is 16.6 Å². The zero-order valence-corrected chi connectivity index (χ0v) is 11.7. The van der Waals surface area contributed by atoms with E-state index < -0.39 is 11.5 Å². The molecule has 102 valence electrons. The van der Waals surface area contributed by atoms with Gasteiger partial charge in [-0.3, -0.25) is 9.79 Å². The minimum absolute atomic E-state index is 0. The Balaban J connectivity index is -0.000000980. The summed E-state index contributed by atoms with van der Waals surface area (Å²) in [6.07, 6.45) is 4.67. The highest BCUT2D eigenvalue weighted by Crippen LogP contribution is 2.06. The SMILES string of the molecule is CC(N)=NCC/C=C/CC(C)(N)C(=O)O.Cl.Cl. The van der Waals surface area contributed by atoms with Gasteiger partial charge in [0.15, 0.2) is 0 Å². The molecule has 17 heavy (non-hydrogen) atoms. The number of nitrogens with zero attached hydrogens (tertiary/aromatic N) is 1. The molecule has 5 N–H and O–H groups in total. The van der Waals surface area contributed by atoms with E-state index in [1.165, 1.54) is 6.92 Å². The molecule has 5 nitrogen and oxygen atoms in total. The third-order valence-corrected chi connectivity index (χ3v) is 1.85. The zero-order chi connectivity index (χ0) is 11.9. The van der Waals surface area contributed by atoms with Gasteiger partial charge >= 0.3 is 5.97 Å². The average Bonchev–Trinajstić information content (AvgIpc) is 2.10. The van der Waals surface area contributed by atoms with Crippen molar-refractivity contribution in [2.75, 3.05) is 6.54 Å².